The summed E-state index contributed by atoms with van der Waals surface area (Å²) in [5.74, 6) is 1.06. The van der Waals surface area contributed by atoms with Crippen LogP contribution in [0, 0.1) is 5.92 Å². The fourth-order valence-corrected chi connectivity index (χ4v) is 2.92. The lowest BCUT2D eigenvalue weighted by atomic mass is 9.73. The van der Waals surface area contributed by atoms with Gasteiger partial charge in [0.05, 0.1) is 0 Å². The maximum absolute atomic E-state index is 2.69. The molecule has 2 heterocycles. The van der Waals surface area contributed by atoms with Crippen LogP contribution in [0.5, 0.6) is 0 Å². The molecule has 2 bridgehead atoms. The van der Waals surface area contributed by atoms with Gasteiger partial charge in [0, 0.05) is 12.1 Å². The van der Waals surface area contributed by atoms with Crippen molar-refractivity contribution in [2.45, 2.75) is 51.6 Å². The fourth-order valence-electron chi connectivity index (χ4n) is 2.92. The molecule has 0 N–H and O–H groups in total. The van der Waals surface area contributed by atoms with Crippen LogP contribution in [-0.4, -0.2) is 23.5 Å². The highest BCUT2D eigenvalue weighted by atomic mass is 15.3. The van der Waals surface area contributed by atoms with Crippen LogP contribution in [0.15, 0.2) is 0 Å². The maximum Gasteiger partial charge on any atom is 0.0116 e. The Morgan fingerprint density at radius 2 is 1.73 bits per heavy atom. The third kappa shape index (κ3) is 1.10. The van der Waals surface area contributed by atoms with E-state index < -0.39 is 0 Å². The smallest absolute Gasteiger partial charge is 0.0116 e. The van der Waals surface area contributed by atoms with Gasteiger partial charge < -0.3 is 0 Å². The van der Waals surface area contributed by atoms with Crippen molar-refractivity contribution in [1.29, 1.82) is 0 Å². The highest BCUT2D eigenvalue weighted by Gasteiger charge is 2.43. The van der Waals surface area contributed by atoms with Crippen LogP contribution in [-0.2, 0) is 0 Å². The van der Waals surface area contributed by atoms with Gasteiger partial charge in [0.15, 0.2) is 0 Å². The van der Waals surface area contributed by atoms with E-state index >= 15 is 0 Å². The van der Waals surface area contributed by atoms with Crippen molar-refractivity contribution in [3.05, 3.63) is 0 Å². The second kappa shape index (κ2) is 2.78. The summed E-state index contributed by atoms with van der Waals surface area (Å²) in [6, 6.07) is 1.95. The highest BCUT2D eigenvalue weighted by Crippen LogP contribution is 2.41. The van der Waals surface area contributed by atoms with Crippen LogP contribution in [0.1, 0.15) is 39.5 Å². The first kappa shape index (κ1) is 7.60. The standard InChI is InChI=1S/C10H19N/c1-3-8-5-9-7-10(6-8)11(9)4-2/h8-10H,3-7H2,1-2H3. The van der Waals surface area contributed by atoms with Crippen LogP contribution in [0.25, 0.3) is 0 Å². The van der Waals surface area contributed by atoms with Crippen molar-refractivity contribution in [2.75, 3.05) is 6.54 Å². The molecule has 2 atom stereocenters. The molecule has 1 heteroatoms. The van der Waals surface area contributed by atoms with Gasteiger partial charge >= 0.3 is 0 Å². The number of rotatable bonds is 2. The van der Waals surface area contributed by atoms with E-state index in [0.717, 1.165) is 18.0 Å². The van der Waals surface area contributed by atoms with Gasteiger partial charge in [0.2, 0.25) is 0 Å². The third-order valence-corrected chi connectivity index (χ3v) is 3.64. The minimum Gasteiger partial charge on any atom is -0.298 e. The van der Waals surface area contributed by atoms with Crippen LogP contribution in [0.3, 0.4) is 0 Å². The second-order valence-electron chi connectivity index (χ2n) is 4.12. The van der Waals surface area contributed by atoms with Gasteiger partial charge in [-0.1, -0.05) is 20.3 Å². The van der Waals surface area contributed by atoms with Gasteiger partial charge in [-0.3, -0.25) is 4.90 Å². The molecule has 0 aromatic carbocycles. The predicted octanol–water partition coefficient (Wildman–Crippen LogP) is 2.27. The molecule has 3 rings (SSSR count). The first-order chi connectivity index (χ1) is 5.35. The Labute approximate surface area is 69.8 Å². The van der Waals surface area contributed by atoms with Crippen molar-refractivity contribution in [3.8, 4) is 0 Å². The number of hydrogen-bond donors (Lipinski definition) is 0. The Bertz CT molecular complexity index is 132. The summed E-state index contributed by atoms with van der Waals surface area (Å²) in [6.45, 7) is 5.92. The summed E-state index contributed by atoms with van der Waals surface area (Å²) in [7, 11) is 0. The summed E-state index contributed by atoms with van der Waals surface area (Å²) < 4.78 is 0. The average Bonchev–Trinajstić information content (AvgIpc) is 2.05. The molecule has 64 valence electrons. The lowest BCUT2D eigenvalue weighted by Crippen LogP contribution is -2.60. The Morgan fingerprint density at radius 1 is 1.09 bits per heavy atom. The molecule has 1 saturated carbocycles. The van der Waals surface area contributed by atoms with Crippen molar-refractivity contribution in [3.63, 3.8) is 0 Å². The summed E-state index contributed by atoms with van der Waals surface area (Å²) in [5, 5.41) is 0. The largest absolute Gasteiger partial charge is 0.298 e. The van der Waals surface area contributed by atoms with E-state index in [1.54, 1.807) is 0 Å². The zero-order chi connectivity index (χ0) is 7.84. The van der Waals surface area contributed by atoms with E-state index in [2.05, 4.69) is 18.7 Å². The molecule has 2 saturated heterocycles. The minimum absolute atomic E-state index is 0.976. The Morgan fingerprint density at radius 3 is 2.18 bits per heavy atom. The molecule has 0 amide bonds. The molecule has 0 radical (unpaired) electrons. The summed E-state index contributed by atoms with van der Waals surface area (Å²) in [4.78, 5) is 2.69. The monoisotopic (exact) mass is 153 g/mol. The number of hydrogen-bond acceptors (Lipinski definition) is 1. The minimum atomic E-state index is 0.976. The molecular formula is C10H19N. The Balaban J connectivity index is 1.91. The molecule has 3 fully saturated rings. The first-order valence-corrected chi connectivity index (χ1v) is 5.10. The first-order valence-electron chi connectivity index (χ1n) is 5.10. The van der Waals surface area contributed by atoms with Crippen LogP contribution in [0.2, 0.25) is 0 Å². The molecule has 1 nitrogen and oxygen atoms in total. The van der Waals surface area contributed by atoms with Gasteiger partial charge in [-0.2, -0.15) is 0 Å². The maximum atomic E-state index is 2.69. The van der Waals surface area contributed by atoms with Crippen molar-refractivity contribution in [2.24, 2.45) is 5.92 Å². The van der Waals surface area contributed by atoms with E-state index in [4.69, 9.17) is 0 Å². The number of nitrogens with zero attached hydrogens (tertiary/aromatic N) is 1. The Kier molecular flexibility index (Phi) is 1.92. The molecule has 2 unspecified atom stereocenters. The second-order valence-corrected chi connectivity index (χ2v) is 4.12. The Hall–Kier alpha value is -0.0400. The topological polar surface area (TPSA) is 3.24 Å². The van der Waals surface area contributed by atoms with Crippen molar-refractivity contribution < 1.29 is 0 Å². The van der Waals surface area contributed by atoms with Crippen molar-refractivity contribution in [1.82, 2.24) is 4.90 Å². The fraction of sp³-hybridized carbons (Fsp3) is 1.00. The normalized spacial score (nSPS) is 43.6. The van der Waals surface area contributed by atoms with Gasteiger partial charge in [-0.05, 0) is 31.7 Å². The summed E-state index contributed by atoms with van der Waals surface area (Å²) >= 11 is 0. The van der Waals surface area contributed by atoms with Crippen LogP contribution in [0.4, 0.5) is 0 Å². The third-order valence-electron chi connectivity index (χ3n) is 3.64. The van der Waals surface area contributed by atoms with E-state index in [0.29, 0.717) is 0 Å². The van der Waals surface area contributed by atoms with E-state index in [9.17, 15) is 0 Å². The molecule has 1 aliphatic carbocycles. The van der Waals surface area contributed by atoms with Gasteiger partial charge in [0.25, 0.3) is 0 Å². The molecule has 3 aliphatic rings. The van der Waals surface area contributed by atoms with Crippen LogP contribution >= 0.6 is 0 Å². The van der Waals surface area contributed by atoms with Gasteiger partial charge in [0.1, 0.15) is 0 Å². The van der Waals surface area contributed by atoms with E-state index in [1.807, 2.05) is 0 Å². The zero-order valence-electron chi connectivity index (χ0n) is 7.71. The molecule has 11 heavy (non-hydrogen) atoms. The van der Waals surface area contributed by atoms with E-state index in [-0.39, 0.29) is 0 Å². The summed E-state index contributed by atoms with van der Waals surface area (Å²) in [5.41, 5.74) is 0. The quantitative estimate of drug-likeness (QED) is 0.588. The molecule has 0 spiro atoms. The SMILES string of the molecule is CCC1CC2CC(C1)N2CC. The molecular weight excluding hydrogens is 134 g/mol. The molecule has 2 aliphatic heterocycles. The van der Waals surface area contributed by atoms with Gasteiger partial charge in [-0.25, -0.2) is 0 Å². The van der Waals surface area contributed by atoms with Crippen LogP contribution < -0.4 is 0 Å². The summed E-state index contributed by atoms with van der Waals surface area (Å²) in [6.07, 6.45) is 5.89. The number of piperidine rings is 1. The zero-order valence-corrected chi connectivity index (χ0v) is 7.71. The van der Waals surface area contributed by atoms with E-state index in [1.165, 1.54) is 32.2 Å². The molecule has 0 aromatic heterocycles. The predicted molar refractivity (Wildman–Crippen MR) is 47.6 cm³/mol. The molecule has 0 aromatic rings. The number of fused-ring (bicyclic) bond motifs is 2. The van der Waals surface area contributed by atoms with Gasteiger partial charge in [-0.15, -0.1) is 0 Å². The highest BCUT2D eigenvalue weighted by molar-refractivity contribution is 4.98. The van der Waals surface area contributed by atoms with Crippen molar-refractivity contribution >= 4 is 0 Å². The lowest BCUT2D eigenvalue weighted by Gasteiger charge is -2.55. The average molecular weight is 153 g/mol. The lowest BCUT2D eigenvalue weighted by molar-refractivity contribution is -0.0481.